The Morgan fingerprint density at radius 3 is 2.68 bits per heavy atom. The van der Waals surface area contributed by atoms with Crippen LogP contribution < -0.4 is 16.2 Å². The zero-order chi connectivity index (χ0) is 24.2. The summed E-state index contributed by atoms with van der Waals surface area (Å²) in [7, 11) is 0. The largest absolute Gasteiger partial charge is 0.482 e. The van der Waals surface area contributed by atoms with Crippen molar-refractivity contribution in [1.29, 1.82) is 0 Å². The molecule has 1 fully saturated rings. The Bertz CT molecular complexity index is 1130. The zero-order valence-corrected chi connectivity index (χ0v) is 21.2. The molecule has 1 atom stereocenters. The molecular formula is C25H32Cl2N6O. The van der Waals surface area contributed by atoms with Crippen molar-refractivity contribution in [3.8, 4) is 16.9 Å². The first-order valence-corrected chi connectivity index (χ1v) is 12.5. The van der Waals surface area contributed by atoms with Gasteiger partial charge in [0.15, 0.2) is 11.6 Å². The van der Waals surface area contributed by atoms with Crippen LogP contribution in [-0.2, 0) is 0 Å². The first-order valence-electron chi connectivity index (χ1n) is 11.7. The lowest BCUT2D eigenvalue weighted by molar-refractivity contribution is 0.179. The molecule has 2 aromatic heterocycles. The number of anilines is 1. The van der Waals surface area contributed by atoms with Crippen LogP contribution in [0.15, 0.2) is 36.8 Å². The number of halogens is 2. The van der Waals surface area contributed by atoms with Crippen LogP contribution >= 0.6 is 23.2 Å². The number of piperidine rings is 1. The number of nitrogen functional groups attached to an aromatic ring is 1. The quantitative estimate of drug-likeness (QED) is 0.435. The zero-order valence-electron chi connectivity index (χ0n) is 19.7. The lowest BCUT2D eigenvalue weighted by Gasteiger charge is -2.31. The summed E-state index contributed by atoms with van der Waals surface area (Å²) in [6.07, 6.45) is 8.50. The van der Waals surface area contributed by atoms with Crippen LogP contribution in [0.25, 0.3) is 11.1 Å². The summed E-state index contributed by atoms with van der Waals surface area (Å²) < 4.78 is 8.25. The van der Waals surface area contributed by atoms with Crippen LogP contribution in [0.3, 0.4) is 0 Å². The van der Waals surface area contributed by atoms with Crippen LogP contribution in [-0.4, -0.2) is 45.8 Å². The molecule has 0 radical (unpaired) electrons. The second-order valence-electron chi connectivity index (χ2n) is 8.88. The van der Waals surface area contributed by atoms with Gasteiger partial charge >= 0.3 is 0 Å². The molecule has 7 nitrogen and oxygen atoms in total. The van der Waals surface area contributed by atoms with Crippen molar-refractivity contribution >= 4 is 29.0 Å². The van der Waals surface area contributed by atoms with Gasteiger partial charge in [0.1, 0.15) is 6.10 Å². The average molecular weight is 503 g/mol. The fraction of sp³-hybridized carbons (Fsp3) is 0.440. The van der Waals surface area contributed by atoms with E-state index in [0.29, 0.717) is 27.7 Å². The van der Waals surface area contributed by atoms with Crippen molar-refractivity contribution in [2.75, 3.05) is 31.9 Å². The second-order valence-corrected chi connectivity index (χ2v) is 9.67. The second kappa shape index (κ2) is 11.0. The minimum atomic E-state index is -0.397. The van der Waals surface area contributed by atoms with Crippen LogP contribution in [0.4, 0.5) is 5.82 Å². The Kier molecular flexibility index (Phi) is 7.99. The first kappa shape index (κ1) is 24.8. The van der Waals surface area contributed by atoms with Gasteiger partial charge < -0.3 is 21.1 Å². The van der Waals surface area contributed by atoms with E-state index in [1.807, 2.05) is 38.2 Å². The number of rotatable bonds is 8. The molecule has 4 N–H and O–H groups in total. The number of likely N-dealkylation sites (tertiary alicyclic amines) is 1. The summed E-state index contributed by atoms with van der Waals surface area (Å²) in [5, 5.41) is 5.79. The lowest BCUT2D eigenvalue weighted by Crippen LogP contribution is -2.36. The van der Waals surface area contributed by atoms with Crippen molar-refractivity contribution in [3.05, 3.63) is 58.0 Å². The predicted molar refractivity (Wildman–Crippen MR) is 138 cm³/mol. The highest BCUT2D eigenvalue weighted by Crippen LogP contribution is 2.37. The molecule has 0 bridgehead atoms. The van der Waals surface area contributed by atoms with Gasteiger partial charge in [0.25, 0.3) is 0 Å². The molecule has 1 saturated heterocycles. The van der Waals surface area contributed by atoms with E-state index in [0.717, 1.165) is 67.7 Å². The van der Waals surface area contributed by atoms with E-state index in [2.05, 4.69) is 25.9 Å². The Morgan fingerprint density at radius 1 is 1.18 bits per heavy atom. The van der Waals surface area contributed by atoms with E-state index >= 15 is 0 Å². The molecule has 1 aliphatic rings. The smallest absolute Gasteiger partial charge is 0.166 e. The van der Waals surface area contributed by atoms with Gasteiger partial charge in [-0.25, -0.2) is 4.98 Å². The Morgan fingerprint density at radius 2 is 1.94 bits per heavy atom. The molecule has 0 amide bonds. The van der Waals surface area contributed by atoms with Crippen LogP contribution in [0.1, 0.15) is 49.5 Å². The summed E-state index contributed by atoms with van der Waals surface area (Å²) in [6.45, 7) is 7.80. The molecule has 1 aromatic carbocycles. The highest BCUT2D eigenvalue weighted by Gasteiger charge is 2.22. The third-order valence-electron chi connectivity index (χ3n) is 6.46. The molecular weight excluding hydrogens is 471 g/mol. The Hall–Kier alpha value is -2.32. The summed E-state index contributed by atoms with van der Waals surface area (Å²) >= 11 is 12.9. The van der Waals surface area contributed by atoms with E-state index in [4.69, 9.17) is 39.4 Å². The maximum absolute atomic E-state index is 6.51. The van der Waals surface area contributed by atoms with E-state index in [1.165, 1.54) is 0 Å². The third kappa shape index (κ3) is 5.49. The molecule has 0 aliphatic carbocycles. The Labute approximate surface area is 211 Å². The first-order chi connectivity index (χ1) is 16.4. The molecule has 1 aliphatic heterocycles. The molecule has 34 heavy (non-hydrogen) atoms. The number of benzene rings is 1. The van der Waals surface area contributed by atoms with Gasteiger partial charge in [0, 0.05) is 47.2 Å². The number of nitrogens with two attached hydrogens (primary N) is 2. The van der Waals surface area contributed by atoms with Crippen molar-refractivity contribution in [2.24, 2.45) is 5.73 Å². The average Bonchev–Trinajstić information content (AvgIpc) is 3.32. The minimum absolute atomic E-state index is 0.313. The maximum Gasteiger partial charge on any atom is 0.166 e. The van der Waals surface area contributed by atoms with Crippen molar-refractivity contribution in [1.82, 2.24) is 19.7 Å². The van der Waals surface area contributed by atoms with Crippen molar-refractivity contribution in [2.45, 2.75) is 45.3 Å². The minimum Gasteiger partial charge on any atom is -0.482 e. The van der Waals surface area contributed by atoms with Gasteiger partial charge in [0.2, 0.25) is 0 Å². The van der Waals surface area contributed by atoms with Gasteiger partial charge in [-0.05, 0) is 63.9 Å². The predicted octanol–water partition coefficient (Wildman–Crippen LogP) is 5.27. The molecule has 3 aromatic rings. The topological polar surface area (TPSA) is 95.2 Å². The fourth-order valence-electron chi connectivity index (χ4n) is 4.42. The van der Waals surface area contributed by atoms with Crippen LogP contribution in [0.5, 0.6) is 5.75 Å². The number of aryl methyl sites for hydroxylation is 1. The molecule has 9 heteroatoms. The summed E-state index contributed by atoms with van der Waals surface area (Å²) in [4.78, 5) is 6.84. The maximum atomic E-state index is 6.51. The molecule has 4 rings (SSSR count). The van der Waals surface area contributed by atoms with Crippen LogP contribution in [0, 0.1) is 6.92 Å². The van der Waals surface area contributed by atoms with Gasteiger partial charge in [0.05, 0.1) is 17.3 Å². The van der Waals surface area contributed by atoms with E-state index in [1.54, 1.807) is 6.20 Å². The molecule has 0 spiro atoms. The fourth-order valence-corrected chi connectivity index (χ4v) is 5.09. The molecule has 3 heterocycles. The summed E-state index contributed by atoms with van der Waals surface area (Å²) in [5.41, 5.74) is 15.3. The molecule has 182 valence electrons. The highest BCUT2D eigenvalue weighted by atomic mass is 35.5. The number of pyridine rings is 1. The number of ether oxygens (including phenoxy) is 1. The lowest BCUT2D eigenvalue weighted by atomic mass is 10.0. The van der Waals surface area contributed by atoms with Gasteiger partial charge in [-0.15, -0.1) is 0 Å². The number of hydrogen-bond acceptors (Lipinski definition) is 6. The third-order valence-corrected chi connectivity index (χ3v) is 7.29. The number of hydrogen-bond donors (Lipinski definition) is 2. The van der Waals surface area contributed by atoms with E-state index in [-0.39, 0.29) is 0 Å². The van der Waals surface area contributed by atoms with Gasteiger partial charge in [-0.2, -0.15) is 5.10 Å². The summed E-state index contributed by atoms with van der Waals surface area (Å²) in [6, 6.07) is 6.00. The van der Waals surface area contributed by atoms with E-state index < -0.39 is 6.10 Å². The van der Waals surface area contributed by atoms with Crippen LogP contribution in [0.2, 0.25) is 10.0 Å². The molecule has 0 saturated carbocycles. The standard InChI is InChI=1S/C25H32Cl2N6O/c1-16-4-5-21(26)23(24(16)27)17(2)34-22-12-18(13-30-25(22)29)19-14-31-33(15-19)20-6-10-32(11-7-20)9-3-8-28/h4-5,12-15,17,20H,3,6-11,28H2,1-2H3,(H2,29,30)/t17-/m0/s1. The Balaban J connectivity index is 1.48. The molecule has 0 unspecified atom stereocenters. The van der Waals surface area contributed by atoms with E-state index in [9.17, 15) is 0 Å². The number of aromatic nitrogens is 3. The highest BCUT2D eigenvalue weighted by molar-refractivity contribution is 6.36. The van der Waals surface area contributed by atoms with Crippen molar-refractivity contribution in [3.63, 3.8) is 0 Å². The summed E-state index contributed by atoms with van der Waals surface area (Å²) in [5.74, 6) is 0.798. The number of nitrogens with zero attached hydrogens (tertiary/aromatic N) is 4. The van der Waals surface area contributed by atoms with Crippen molar-refractivity contribution < 1.29 is 4.74 Å². The SMILES string of the molecule is Cc1ccc(Cl)c([C@H](C)Oc2cc(-c3cnn(C4CCN(CCCN)CC4)c3)cnc2N)c1Cl. The normalized spacial score (nSPS) is 16.0. The monoisotopic (exact) mass is 502 g/mol. The van der Waals surface area contributed by atoms with Gasteiger partial charge in [-0.1, -0.05) is 29.3 Å². The van der Waals surface area contributed by atoms with Gasteiger partial charge in [-0.3, -0.25) is 4.68 Å².